The number of amides is 1. The quantitative estimate of drug-likeness (QED) is 0.719. The monoisotopic (exact) mass is 302 g/mol. The van der Waals surface area contributed by atoms with Gasteiger partial charge in [-0.2, -0.15) is 0 Å². The van der Waals surface area contributed by atoms with E-state index in [1.807, 2.05) is 66.7 Å². The first kappa shape index (κ1) is 14.9. The highest BCUT2D eigenvalue weighted by Gasteiger charge is 2.06. The van der Waals surface area contributed by atoms with Gasteiger partial charge >= 0.3 is 0 Å². The van der Waals surface area contributed by atoms with E-state index in [4.69, 9.17) is 5.73 Å². The zero-order chi connectivity index (χ0) is 16.1. The summed E-state index contributed by atoms with van der Waals surface area (Å²) in [7, 11) is 0. The Balaban J connectivity index is 1.66. The minimum absolute atomic E-state index is 0.0907. The third kappa shape index (κ3) is 3.77. The molecule has 0 aliphatic rings. The maximum absolute atomic E-state index is 12.2. The maximum Gasteiger partial charge on any atom is 0.251 e. The summed E-state index contributed by atoms with van der Waals surface area (Å²) in [5.41, 5.74) is 10.3. The van der Waals surface area contributed by atoms with Gasteiger partial charge in [0.15, 0.2) is 0 Å². The summed E-state index contributed by atoms with van der Waals surface area (Å²) >= 11 is 0. The molecule has 0 saturated carbocycles. The number of hydrogen-bond acceptors (Lipinski definition) is 2. The van der Waals surface area contributed by atoms with Gasteiger partial charge in [0.05, 0.1) is 0 Å². The molecular weight excluding hydrogens is 284 g/mol. The third-order valence-corrected chi connectivity index (χ3v) is 3.66. The van der Waals surface area contributed by atoms with Crippen molar-refractivity contribution in [2.24, 2.45) is 0 Å². The van der Waals surface area contributed by atoms with Gasteiger partial charge in [0.1, 0.15) is 0 Å². The number of nitrogens with two attached hydrogens (primary N) is 1. The molecule has 0 aliphatic heterocycles. The number of carbonyl (C=O) groups excluding carboxylic acids is 1. The number of benzene rings is 3. The van der Waals surface area contributed by atoms with Crippen molar-refractivity contribution in [1.29, 1.82) is 0 Å². The first-order chi connectivity index (χ1) is 11.2. The van der Waals surface area contributed by atoms with Crippen LogP contribution in [0.15, 0.2) is 78.9 Å². The molecule has 114 valence electrons. The molecule has 0 radical (unpaired) electrons. The number of hydrogen-bond donors (Lipinski definition) is 2. The van der Waals surface area contributed by atoms with E-state index in [-0.39, 0.29) is 5.91 Å². The van der Waals surface area contributed by atoms with Crippen LogP contribution in [0.5, 0.6) is 0 Å². The summed E-state index contributed by atoms with van der Waals surface area (Å²) in [6.07, 6.45) is 0. The van der Waals surface area contributed by atoms with Gasteiger partial charge in [-0.25, -0.2) is 0 Å². The molecule has 3 rings (SSSR count). The largest absolute Gasteiger partial charge is 0.399 e. The smallest absolute Gasteiger partial charge is 0.251 e. The average Bonchev–Trinajstić information content (AvgIpc) is 2.61. The molecule has 0 aliphatic carbocycles. The summed E-state index contributed by atoms with van der Waals surface area (Å²) in [6.45, 7) is 0.463. The minimum atomic E-state index is -0.0907. The van der Waals surface area contributed by atoms with Gasteiger partial charge in [0.25, 0.3) is 5.91 Å². The van der Waals surface area contributed by atoms with Gasteiger partial charge in [0, 0.05) is 17.8 Å². The predicted octanol–water partition coefficient (Wildman–Crippen LogP) is 3.87. The molecule has 0 fully saturated rings. The van der Waals surface area contributed by atoms with E-state index in [1.54, 1.807) is 0 Å². The Morgan fingerprint density at radius 2 is 1.52 bits per heavy atom. The Morgan fingerprint density at radius 1 is 0.826 bits per heavy atom. The van der Waals surface area contributed by atoms with Crippen LogP contribution in [0.4, 0.5) is 5.69 Å². The third-order valence-electron chi connectivity index (χ3n) is 3.66. The summed E-state index contributed by atoms with van der Waals surface area (Å²) in [5.74, 6) is -0.0907. The van der Waals surface area contributed by atoms with Crippen LogP contribution < -0.4 is 11.1 Å². The molecule has 23 heavy (non-hydrogen) atoms. The molecule has 0 spiro atoms. The minimum Gasteiger partial charge on any atom is -0.399 e. The Bertz CT molecular complexity index is 795. The van der Waals surface area contributed by atoms with Gasteiger partial charge in [-0.05, 0) is 41.0 Å². The topological polar surface area (TPSA) is 55.1 Å². The molecule has 3 N–H and O–H groups in total. The molecule has 3 aromatic carbocycles. The van der Waals surface area contributed by atoms with Crippen molar-refractivity contribution in [2.75, 3.05) is 5.73 Å². The Kier molecular flexibility index (Phi) is 4.39. The standard InChI is InChI=1S/C20H18N2O/c21-19-8-4-5-15(13-19)14-22-20(23)18-11-9-17(10-12-18)16-6-2-1-3-7-16/h1-13H,14,21H2,(H,22,23). The van der Waals surface area contributed by atoms with E-state index in [2.05, 4.69) is 17.4 Å². The lowest BCUT2D eigenvalue weighted by Gasteiger charge is -2.07. The molecule has 0 bridgehead atoms. The molecule has 3 aromatic rings. The maximum atomic E-state index is 12.2. The number of rotatable bonds is 4. The lowest BCUT2D eigenvalue weighted by Crippen LogP contribution is -2.22. The zero-order valence-electron chi connectivity index (χ0n) is 12.7. The molecule has 3 heteroatoms. The zero-order valence-corrected chi connectivity index (χ0v) is 12.7. The van der Waals surface area contributed by atoms with Crippen molar-refractivity contribution in [3.63, 3.8) is 0 Å². The second kappa shape index (κ2) is 6.79. The highest BCUT2D eigenvalue weighted by Crippen LogP contribution is 2.19. The molecule has 1 amide bonds. The van der Waals surface area contributed by atoms with Crippen molar-refractivity contribution < 1.29 is 4.79 Å². The van der Waals surface area contributed by atoms with Crippen LogP contribution in [0.25, 0.3) is 11.1 Å². The van der Waals surface area contributed by atoms with Crippen molar-refractivity contribution in [3.8, 4) is 11.1 Å². The van der Waals surface area contributed by atoms with Crippen LogP contribution in [-0.4, -0.2) is 5.91 Å². The Hall–Kier alpha value is -3.07. The summed E-state index contributed by atoms with van der Waals surface area (Å²) in [5, 5.41) is 2.91. The SMILES string of the molecule is Nc1cccc(CNC(=O)c2ccc(-c3ccccc3)cc2)c1. The highest BCUT2D eigenvalue weighted by atomic mass is 16.1. The van der Waals surface area contributed by atoms with Crippen LogP contribution in [0.3, 0.4) is 0 Å². The van der Waals surface area contributed by atoms with E-state index in [1.165, 1.54) is 0 Å². The fraction of sp³-hybridized carbons (Fsp3) is 0.0500. The van der Waals surface area contributed by atoms with Crippen molar-refractivity contribution in [1.82, 2.24) is 5.32 Å². The van der Waals surface area contributed by atoms with Crippen molar-refractivity contribution >= 4 is 11.6 Å². The van der Waals surface area contributed by atoms with Gasteiger partial charge in [-0.1, -0.05) is 54.6 Å². The Morgan fingerprint density at radius 3 is 2.22 bits per heavy atom. The number of nitrogen functional groups attached to an aromatic ring is 1. The lowest BCUT2D eigenvalue weighted by molar-refractivity contribution is 0.0951. The molecule has 0 aromatic heterocycles. The summed E-state index contributed by atoms with van der Waals surface area (Å²) in [6, 6.07) is 25.2. The normalized spacial score (nSPS) is 10.3. The second-order valence-electron chi connectivity index (χ2n) is 5.37. The average molecular weight is 302 g/mol. The van der Waals surface area contributed by atoms with Crippen LogP contribution in [0, 0.1) is 0 Å². The molecule has 0 heterocycles. The van der Waals surface area contributed by atoms with Gasteiger partial charge in [-0.3, -0.25) is 4.79 Å². The van der Waals surface area contributed by atoms with Crippen LogP contribution in [-0.2, 0) is 6.54 Å². The number of nitrogens with one attached hydrogen (secondary N) is 1. The number of anilines is 1. The highest BCUT2D eigenvalue weighted by molar-refractivity contribution is 5.94. The second-order valence-corrected chi connectivity index (χ2v) is 5.37. The van der Waals surface area contributed by atoms with E-state index in [0.717, 1.165) is 16.7 Å². The first-order valence-electron chi connectivity index (χ1n) is 7.50. The van der Waals surface area contributed by atoms with E-state index in [0.29, 0.717) is 17.8 Å². The molecule has 3 nitrogen and oxygen atoms in total. The summed E-state index contributed by atoms with van der Waals surface area (Å²) < 4.78 is 0. The predicted molar refractivity (Wildman–Crippen MR) is 93.9 cm³/mol. The molecular formula is C20H18N2O. The number of carbonyl (C=O) groups is 1. The van der Waals surface area contributed by atoms with Crippen molar-refractivity contribution in [3.05, 3.63) is 90.0 Å². The van der Waals surface area contributed by atoms with E-state index in [9.17, 15) is 4.79 Å². The van der Waals surface area contributed by atoms with Crippen LogP contribution in [0.1, 0.15) is 15.9 Å². The van der Waals surface area contributed by atoms with Gasteiger partial charge in [0.2, 0.25) is 0 Å². The first-order valence-corrected chi connectivity index (χ1v) is 7.50. The van der Waals surface area contributed by atoms with Crippen molar-refractivity contribution in [2.45, 2.75) is 6.54 Å². The van der Waals surface area contributed by atoms with E-state index >= 15 is 0 Å². The fourth-order valence-electron chi connectivity index (χ4n) is 2.43. The van der Waals surface area contributed by atoms with Crippen LogP contribution >= 0.6 is 0 Å². The molecule has 0 atom stereocenters. The van der Waals surface area contributed by atoms with Gasteiger partial charge < -0.3 is 11.1 Å². The van der Waals surface area contributed by atoms with E-state index < -0.39 is 0 Å². The molecule has 0 saturated heterocycles. The van der Waals surface area contributed by atoms with Gasteiger partial charge in [-0.15, -0.1) is 0 Å². The molecule has 0 unspecified atom stereocenters. The Labute approximate surface area is 135 Å². The summed E-state index contributed by atoms with van der Waals surface area (Å²) in [4.78, 5) is 12.2. The lowest BCUT2D eigenvalue weighted by atomic mass is 10.0. The fourth-order valence-corrected chi connectivity index (χ4v) is 2.43. The van der Waals surface area contributed by atoms with Crippen LogP contribution in [0.2, 0.25) is 0 Å².